The van der Waals surface area contributed by atoms with Gasteiger partial charge in [-0.1, -0.05) is 15.9 Å². The molecule has 0 saturated carbocycles. The van der Waals surface area contributed by atoms with Crippen molar-refractivity contribution >= 4 is 27.6 Å². The average molecular weight is 242 g/mol. The van der Waals surface area contributed by atoms with Gasteiger partial charge in [-0.2, -0.15) is 0 Å². The van der Waals surface area contributed by atoms with Gasteiger partial charge < -0.3 is 10.1 Å². The fourth-order valence-corrected chi connectivity index (χ4v) is 1.55. The van der Waals surface area contributed by atoms with Gasteiger partial charge in [-0.05, 0) is 25.1 Å². The Bertz CT molecular complexity index is 365. The van der Waals surface area contributed by atoms with Crippen LogP contribution in [0.5, 0.6) is 5.75 Å². The molecule has 0 bridgehead atoms. The Morgan fingerprint density at radius 2 is 2.31 bits per heavy atom. The zero-order valence-corrected chi connectivity index (χ0v) is 8.59. The summed E-state index contributed by atoms with van der Waals surface area (Å²) in [5.41, 5.74) is 0.849. The van der Waals surface area contributed by atoms with Gasteiger partial charge in [0.15, 0.2) is 5.75 Å². The lowest BCUT2D eigenvalue weighted by atomic mass is 10.2. The van der Waals surface area contributed by atoms with Crippen LogP contribution < -0.4 is 10.1 Å². The number of benzene rings is 1. The summed E-state index contributed by atoms with van der Waals surface area (Å²) in [7, 11) is 0. The molecule has 1 aliphatic rings. The Balaban J connectivity index is 2.42. The predicted octanol–water partition coefficient (Wildman–Crippen LogP) is 2.17. The van der Waals surface area contributed by atoms with Crippen molar-refractivity contribution in [1.29, 1.82) is 0 Å². The summed E-state index contributed by atoms with van der Waals surface area (Å²) in [5, 5.41) is 3.05. The second kappa shape index (κ2) is 3.03. The van der Waals surface area contributed by atoms with E-state index in [9.17, 15) is 4.79 Å². The highest BCUT2D eigenvalue weighted by atomic mass is 79.9. The highest BCUT2D eigenvalue weighted by Gasteiger charge is 2.23. The summed E-state index contributed by atoms with van der Waals surface area (Å²) in [5.74, 6) is 0.348. The predicted molar refractivity (Wildman–Crippen MR) is 52.9 cm³/mol. The minimum Gasteiger partial charge on any atom is -0.423 e. The Hall–Kier alpha value is -1.03. The molecule has 1 unspecified atom stereocenters. The summed E-state index contributed by atoms with van der Waals surface area (Å²) in [6, 6.07) is 5.21. The monoisotopic (exact) mass is 241 g/mol. The first-order valence-electron chi connectivity index (χ1n) is 3.94. The molecule has 0 aromatic heterocycles. The normalized spacial score (nSPS) is 20.2. The molecule has 1 N–H and O–H groups in total. The van der Waals surface area contributed by atoms with Gasteiger partial charge in [0.05, 0.1) is 5.69 Å². The molecular formula is C9H8BrNO2. The summed E-state index contributed by atoms with van der Waals surface area (Å²) in [6.45, 7) is 1.77. The molecule has 0 amide bonds. The van der Waals surface area contributed by atoms with Crippen LogP contribution in [0.4, 0.5) is 5.69 Å². The number of nitrogens with one attached hydrogen (secondary N) is 1. The van der Waals surface area contributed by atoms with Crippen LogP contribution in [0, 0.1) is 0 Å². The zero-order chi connectivity index (χ0) is 9.42. The molecule has 68 valence electrons. The fourth-order valence-electron chi connectivity index (χ4n) is 1.19. The third kappa shape index (κ3) is 1.54. The Morgan fingerprint density at radius 3 is 3.08 bits per heavy atom. The summed E-state index contributed by atoms with van der Waals surface area (Å²) in [4.78, 5) is 11.1. The molecular weight excluding hydrogens is 234 g/mol. The molecule has 3 nitrogen and oxygen atoms in total. The molecule has 1 atom stereocenters. The fraction of sp³-hybridized carbons (Fsp3) is 0.222. The molecule has 0 radical (unpaired) electrons. The number of carbonyl (C=O) groups is 1. The third-order valence-corrected chi connectivity index (χ3v) is 2.37. The Labute approximate surface area is 84.2 Å². The molecule has 1 aromatic rings. The maximum Gasteiger partial charge on any atom is 0.333 e. The van der Waals surface area contributed by atoms with Crippen LogP contribution in [-0.4, -0.2) is 12.0 Å². The van der Waals surface area contributed by atoms with Gasteiger partial charge in [-0.15, -0.1) is 0 Å². The first kappa shape index (κ1) is 8.56. The van der Waals surface area contributed by atoms with Gasteiger partial charge in [0, 0.05) is 4.47 Å². The minimum atomic E-state index is -0.276. The summed E-state index contributed by atoms with van der Waals surface area (Å²) >= 11 is 3.34. The Morgan fingerprint density at radius 1 is 1.54 bits per heavy atom. The van der Waals surface area contributed by atoms with Crippen LogP contribution in [0.2, 0.25) is 0 Å². The van der Waals surface area contributed by atoms with Crippen LogP contribution in [0.25, 0.3) is 0 Å². The molecule has 0 spiro atoms. The molecule has 2 rings (SSSR count). The van der Waals surface area contributed by atoms with E-state index in [1.165, 1.54) is 0 Å². The van der Waals surface area contributed by atoms with Gasteiger partial charge in [0.2, 0.25) is 0 Å². The van der Waals surface area contributed by atoms with E-state index in [1.807, 2.05) is 12.1 Å². The van der Waals surface area contributed by atoms with Crippen LogP contribution in [0.3, 0.4) is 0 Å². The highest BCUT2D eigenvalue weighted by Crippen LogP contribution is 2.31. The van der Waals surface area contributed by atoms with Crippen molar-refractivity contribution in [3.8, 4) is 5.75 Å². The van der Waals surface area contributed by atoms with E-state index < -0.39 is 0 Å². The SMILES string of the molecule is CC1Nc2cc(Br)ccc2OC1=O. The lowest BCUT2D eigenvalue weighted by Crippen LogP contribution is -2.34. The molecule has 1 aliphatic heterocycles. The van der Waals surface area contributed by atoms with Crippen molar-refractivity contribution in [3.05, 3.63) is 22.7 Å². The highest BCUT2D eigenvalue weighted by molar-refractivity contribution is 9.10. The third-order valence-electron chi connectivity index (χ3n) is 1.88. The lowest BCUT2D eigenvalue weighted by Gasteiger charge is -2.22. The van der Waals surface area contributed by atoms with Gasteiger partial charge in [-0.3, -0.25) is 0 Å². The van der Waals surface area contributed by atoms with Gasteiger partial charge in [0.1, 0.15) is 6.04 Å². The second-order valence-corrected chi connectivity index (χ2v) is 3.84. The number of fused-ring (bicyclic) bond motifs is 1. The summed E-state index contributed by atoms with van der Waals surface area (Å²) in [6.07, 6.45) is 0. The van der Waals surface area contributed by atoms with E-state index in [0.717, 1.165) is 10.2 Å². The number of anilines is 1. The number of ether oxygens (including phenoxy) is 1. The molecule has 13 heavy (non-hydrogen) atoms. The van der Waals surface area contributed by atoms with Gasteiger partial charge >= 0.3 is 5.97 Å². The van der Waals surface area contributed by atoms with E-state index >= 15 is 0 Å². The number of hydrogen-bond acceptors (Lipinski definition) is 3. The molecule has 0 aliphatic carbocycles. The molecule has 1 heterocycles. The molecule has 1 aromatic carbocycles. The average Bonchev–Trinajstić information content (AvgIpc) is 2.08. The number of esters is 1. The van der Waals surface area contributed by atoms with Crippen molar-refractivity contribution < 1.29 is 9.53 Å². The number of carbonyl (C=O) groups excluding carboxylic acids is 1. The van der Waals surface area contributed by atoms with Crippen LogP contribution in [-0.2, 0) is 4.79 Å². The maximum absolute atomic E-state index is 11.1. The second-order valence-electron chi connectivity index (χ2n) is 2.93. The van der Waals surface area contributed by atoms with E-state index in [2.05, 4.69) is 21.2 Å². The van der Waals surface area contributed by atoms with E-state index in [0.29, 0.717) is 5.75 Å². The van der Waals surface area contributed by atoms with Crippen molar-refractivity contribution in [1.82, 2.24) is 0 Å². The smallest absolute Gasteiger partial charge is 0.333 e. The molecule has 0 fully saturated rings. The van der Waals surface area contributed by atoms with Gasteiger partial charge in [0.25, 0.3) is 0 Å². The van der Waals surface area contributed by atoms with Crippen LogP contribution in [0.15, 0.2) is 22.7 Å². The lowest BCUT2D eigenvalue weighted by molar-refractivity contribution is -0.135. The minimum absolute atomic E-state index is 0.241. The quantitative estimate of drug-likeness (QED) is 0.559. The molecule has 0 saturated heterocycles. The summed E-state index contributed by atoms with van der Waals surface area (Å²) < 4.78 is 6.04. The van der Waals surface area contributed by atoms with Crippen LogP contribution >= 0.6 is 15.9 Å². The van der Waals surface area contributed by atoms with Crippen molar-refractivity contribution in [3.63, 3.8) is 0 Å². The number of hydrogen-bond donors (Lipinski definition) is 1. The first-order valence-corrected chi connectivity index (χ1v) is 4.74. The van der Waals surface area contributed by atoms with Crippen molar-refractivity contribution in [2.75, 3.05) is 5.32 Å². The van der Waals surface area contributed by atoms with E-state index in [1.54, 1.807) is 13.0 Å². The van der Waals surface area contributed by atoms with E-state index in [-0.39, 0.29) is 12.0 Å². The number of rotatable bonds is 0. The Kier molecular flexibility index (Phi) is 2.00. The van der Waals surface area contributed by atoms with E-state index in [4.69, 9.17) is 4.74 Å². The zero-order valence-electron chi connectivity index (χ0n) is 7.00. The van der Waals surface area contributed by atoms with Gasteiger partial charge in [-0.25, -0.2) is 4.79 Å². The standard InChI is InChI=1S/C9H8BrNO2/c1-5-9(12)13-8-3-2-6(10)4-7(8)11-5/h2-5,11H,1H3. The largest absolute Gasteiger partial charge is 0.423 e. The van der Waals surface area contributed by atoms with Crippen molar-refractivity contribution in [2.45, 2.75) is 13.0 Å². The topological polar surface area (TPSA) is 38.3 Å². The first-order chi connectivity index (χ1) is 6.16. The molecule has 4 heteroatoms. The maximum atomic E-state index is 11.1. The number of halogens is 1. The van der Waals surface area contributed by atoms with Crippen LogP contribution in [0.1, 0.15) is 6.92 Å². The van der Waals surface area contributed by atoms with Crippen molar-refractivity contribution in [2.24, 2.45) is 0 Å².